The molecule has 1 heterocycles. The van der Waals surface area contributed by atoms with Gasteiger partial charge in [0.15, 0.2) is 0 Å². The lowest BCUT2D eigenvalue weighted by molar-refractivity contribution is -0.122. The Labute approximate surface area is 121 Å². The summed E-state index contributed by atoms with van der Waals surface area (Å²) in [4.78, 5) is 36.0. The smallest absolute Gasteiger partial charge is 0.293 e. The standard InChI is InChI=1S/C14H14N2O3S/c1-3-16-13(18)12(20-14(16)19)8-10-4-6-11(7-5-10)15-9(2)17/h4-8H,3H2,1-2H3,(H,15,17)/b12-8-. The molecule has 0 unspecified atom stereocenters. The van der Waals surface area contributed by atoms with Gasteiger partial charge in [-0.15, -0.1) is 0 Å². The maximum atomic E-state index is 11.9. The fourth-order valence-electron chi connectivity index (χ4n) is 1.79. The van der Waals surface area contributed by atoms with Crippen molar-refractivity contribution < 1.29 is 14.4 Å². The van der Waals surface area contributed by atoms with E-state index < -0.39 is 0 Å². The number of nitrogens with one attached hydrogen (secondary N) is 1. The molecular formula is C14H14N2O3S. The lowest BCUT2D eigenvalue weighted by atomic mass is 10.2. The van der Waals surface area contributed by atoms with Crippen molar-refractivity contribution in [1.29, 1.82) is 0 Å². The second-order valence-electron chi connectivity index (χ2n) is 4.23. The third-order valence-corrected chi connectivity index (χ3v) is 3.63. The molecule has 1 aromatic carbocycles. The second kappa shape index (κ2) is 5.92. The number of rotatable bonds is 3. The molecule has 1 aromatic rings. The minimum absolute atomic E-state index is 0.137. The Morgan fingerprint density at radius 2 is 1.95 bits per heavy atom. The molecule has 0 spiro atoms. The molecule has 0 atom stereocenters. The average Bonchev–Trinajstić information content (AvgIpc) is 2.66. The number of carbonyl (C=O) groups is 3. The van der Waals surface area contributed by atoms with Crippen molar-refractivity contribution in [2.45, 2.75) is 13.8 Å². The molecule has 0 aliphatic carbocycles. The van der Waals surface area contributed by atoms with E-state index in [2.05, 4.69) is 5.32 Å². The highest BCUT2D eigenvalue weighted by Gasteiger charge is 2.33. The highest BCUT2D eigenvalue weighted by Crippen LogP contribution is 2.31. The summed E-state index contributed by atoms with van der Waals surface area (Å²) in [5.74, 6) is -0.393. The number of imide groups is 1. The maximum Gasteiger partial charge on any atom is 0.293 e. The summed E-state index contributed by atoms with van der Waals surface area (Å²) in [6.45, 7) is 3.58. The number of anilines is 1. The number of nitrogens with zero attached hydrogens (tertiary/aromatic N) is 1. The van der Waals surface area contributed by atoms with E-state index in [1.54, 1.807) is 37.3 Å². The topological polar surface area (TPSA) is 66.5 Å². The average molecular weight is 290 g/mol. The Morgan fingerprint density at radius 1 is 1.30 bits per heavy atom. The number of likely N-dealkylation sites (N-methyl/N-ethyl adjacent to an activating group) is 1. The van der Waals surface area contributed by atoms with Crippen LogP contribution in [-0.4, -0.2) is 28.5 Å². The Kier molecular flexibility index (Phi) is 4.24. The zero-order valence-electron chi connectivity index (χ0n) is 11.2. The van der Waals surface area contributed by atoms with Crippen LogP contribution in [0.1, 0.15) is 19.4 Å². The first-order chi connectivity index (χ1) is 9.51. The molecule has 5 nitrogen and oxygen atoms in total. The summed E-state index contributed by atoms with van der Waals surface area (Å²) < 4.78 is 0. The predicted octanol–water partition coefficient (Wildman–Crippen LogP) is 2.70. The molecule has 1 aliphatic heterocycles. The third kappa shape index (κ3) is 3.08. The van der Waals surface area contributed by atoms with Gasteiger partial charge in [-0.05, 0) is 42.5 Å². The number of carbonyl (C=O) groups excluding carboxylic acids is 3. The van der Waals surface area contributed by atoms with Crippen LogP contribution in [0.2, 0.25) is 0 Å². The highest BCUT2D eigenvalue weighted by atomic mass is 32.2. The van der Waals surface area contributed by atoms with E-state index in [0.29, 0.717) is 17.1 Å². The molecule has 6 heteroatoms. The molecule has 1 fully saturated rings. The van der Waals surface area contributed by atoms with Crippen molar-refractivity contribution in [1.82, 2.24) is 4.90 Å². The van der Waals surface area contributed by atoms with Crippen LogP contribution < -0.4 is 5.32 Å². The second-order valence-corrected chi connectivity index (χ2v) is 5.22. The van der Waals surface area contributed by atoms with Crippen LogP contribution in [0.3, 0.4) is 0 Å². The first-order valence-electron chi connectivity index (χ1n) is 6.14. The minimum Gasteiger partial charge on any atom is -0.326 e. The molecule has 1 N–H and O–H groups in total. The molecule has 0 aromatic heterocycles. The van der Waals surface area contributed by atoms with Gasteiger partial charge in [0.05, 0.1) is 4.91 Å². The molecule has 104 valence electrons. The monoisotopic (exact) mass is 290 g/mol. The van der Waals surface area contributed by atoms with E-state index in [0.717, 1.165) is 17.3 Å². The van der Waals surface area contributed by atoms with Gasteiger partial charge >= 0.3 is 0 Å². The van der Waals surface area contributed by atoms with Crippen molar-refractivity contribution in [3.05, 3.63) is 34.7 Å². The van der Waals surface area contributed by atoms with Gasteiger partial charge in [0.2, 0.25) is 5.91 Å². The van der Waals surface area contributed by atoms with Crippen molar-refractivity contribution >= 4 is 40.6 Å². The normalized spacial score (nSPS) is 16.9. The number of benzene rings is 1. The summed E-state index contributed by atoms with van der Waals surface area (Å²) in [5, 5.41) is 2.43. The van der Waals surface area contributed by atoms with Crippen molar-refractivity contribution in [2.24, 2.45) is 0 Å². The zero-order valence-corrected chi connectivity index (χ0v) is 12.0. The Hall–Kier alpha value is -2.08. The summed E-state index contributed by atoms with van der Waals surface area (Å²) in [7, 11) is 0. The maximum absolute atomic E-state index is 11.9. The number of thioether (sulfide) groups is 1. The van der Waals surface area contributed by atoms with Crippen LogP contribution in [0, 0.1) is 0 Å². The van der Waals surface area contributed by atoms with Crippen LogP contribution in [0.25, 0.3) is 6.08 Å². The van der Waals surface area contributed by atoms with Crippen LogP contribution in [0.15, 0.2) is 29.2 Å². The summed E-state index contributed by atoms with van der Waals surface area (Å²) in [6, 6.07) is 7.06. The Morgan fingerprint density at radius 3 is 2.45 bits per heavy atom. The molecular weight excluding hydrogens is 276 g/mol. The van der Waals surface area contributed by atoms with E-state index in [1.807, 2.05) is 0 Å². The van der Waals surface area contributed by atoms with Crippen molar-refractivity contribution in [3.8, 4) is 0 Å². The molecule has 3 amide bonds. The van der Waals surface area contributed by atoms with Gasteiger partial charge in [-0.1, -0.05) is 12.1 Å². The number of hydrogen-bond donors (Lipinski definition) is 1. The van der Waals surface area contributed by atoms with Crippen LogP contribution in [0.5, 0.6) is 0 Å². The van der Waals surface area contributed by atoms with E-state index in [-0.39, 0.29) is 17.1 Å². The number of amides is 3. The van der Waals surface area contributed by atoms with Crippen LogP contribution >= 0.6 is 11.8 Å². The zero-order chi connectivity index (χ0) is 14.7. The summed E-state index contributed by atoms with van der Waals surface area (Å²) in [5.41, 5.74) is 1.50. The summed E-state index contributed by atoms with van der Waals surface area (Å²) in [6.07, 6.45) is 1.68. The van der Waals surface area contributed by atoms with Crippen LogP contribution in [-0.2, 0) is 9.59 Å². The van der Waals surface area contributed by atoms with Gasteiger partial charge in [-0.2, -0.15) is 0 Å². The number of hydrogen-bond acceptors (Lipinski definition) is 4. The van der Waals surface area contributed by atoms with Gasteiger partial charge in [-0.3, -0.25) is 19.3 Å². The Balaban J connectivity index is 2.17. The minimum atomic E-state index is -0.256. The van der Waals surface area contributed by atoms with Crippen LogP contribution in [0.4, 0.5) is 10.5 Å². The van der Waals surface area contributed by atoms with Crippen molar-refractivity contribution in [2.75, 3.05) is 11.9 Å². The van der Waals surface area contributed by atoms with E-state index >= 15 is 0 Å². The molecule has 20 heavy (non-hydrogen) atoms. The fraction of sp³-hybridized carbons (Fsp3) is 0.214. The van der Waals surface area contributed by atoms with Gasteiger partial charge < -0.3 is 5.32 Å². The SMILES string of the molecule is CCN1C(=O)S/C(=C\c2ccc(NC(C)=O)cc2)C1=O. The van der Waals surface area contributed by atoms with E-state index in [4.69, 9.17) is 0 Å². The van der Waals surface area contributed by atoms with Gasteiger partial charge in [0.25, 0.3) is 11.1 Å². The lowest BCUT2D eigenvalue weighted by Gasteiger charge is -2.07. The summed E-state index contributed by atoms with van der Waals surface area (Å²) >= 11 is 0.945. The first-order valence-corrected chi connectivity index (χ1v) is 6.96. The quantitative estimate of drug-likeness (QED) is 0.869. The molecule has 2 rings (SSSR count). The Bertz CT molecular complexity index is 593. The van der Waals surface area contributed by atoms with E-state index in [9.17, 15) is 14.4 Å². The molecule has 0 bridgehead atoms. The van der Waals surface area contributed by atoms with Gasteiger partial charge in [-0.25, -0.2) is 0 Å². The predicted molar refractivity (Wildman–Crippen MR) is 79.1 cm³/mol. The molecule has 0 radical (unpaired) electrons. The molecule has 1 aliphatic rings. The van der Waals surface area contributed by atoms with E-state index in [1.165, 1.54) is 11.8 Å². The lowest BCUT2D eigenvalue weighted by Crippen LogP contribution is -2.27. The highest BCUT2D eigenvalue weighted by molar-refractivity contribution is 8.18. The molecule has 0 saturated carbocycles. The third-order valence-electron chi connectivity index (χ3n) is 2.72. The molecule has 1 saturated heterocycles. The largest absolute Gasteiger partial charge is 0.326 e. The fourth-order valence-corrected chi connectivity index (χ4v) is 2.69. The van der Waals surface area contributed by atoms with Crippen molar-refractivity contribution in [3.63, 3.8) is 0 Å². The van der Waals surface area contributed by atoms with Gasteiger partial charge in [0.1, 0.15) is 0 Å². The van der Waals surface area contributed by atoms with Gasteiger partial charge in [0, 0.05) is 19.2 Å². The first kappa shape index (κ1) is 14.3.